The molecule has 1 aromatic rings. The summed E-state index contributed by atoms with van der Waals surface area (Å²) in [6.07, 6.45) is 0. The van der Waals surface area contributed by atoms with Crippen LogP contribution in [0.1, 0.15) is 0 Å². The van der Waals surface area contributed by atoms with Crippen LogP contribution in [-0.4, -0.2) is 20.1 Å². The van der Waals surface area contributed by atoms with E-state index in [1.165, 1.54) is 0 Å². The number of guanidine groups is 1. The SMILES string of the molecule is CN=C(NNC)Nc1ccc(Cl)cc1. The van der Waals surface area contributed by atoms with Gasteiger partial charge in [-0.25, -0.2) is 5.43 Å². The average Bonchev–Trinajstić information content (AvgIpc) is 2.20. The molecular formula is C9H13ClN4. The third kappa shape index (κ3) is 3.24. The van der Waals surface area contributed by atoms with Crippen LogP contribution in [0.2, 0.25) is 5.02 Å². The molecule has 3 N–H and O–H groups in total. The van der Waals surface area contributed by atoms with Crippen LogP contribution in [-0.2, 0) is 0 Å². The Bertz CT molecular complexity index is 307. The molecular weight excluding hydrogens is 200 g/mol. The number of hydrogen-bond acceptors (Lipinski definition) is 2. The van der Waals surface area contributed by atoms with Crippen LogP contribution >= 0.6 is 11.6 Å². The molecule has 14 heavy (non-hydrogen) atoms. The topological polar surface area (TPSA) is 48.5 Å². The number of benzene rings is 1. The highest BCUT2D eigenvalue weighted by Crippen LogP contribution is 2.12. The van der Waals surface area contributed by atoms with Crippen LogP contribution in [0, 0.1) is 0 Å². The summed E-state index contributed by atoms with van der Waals surface area (Å²) in [6, 6.07) is 7.39. The molecule has 76 valence electrons. The van der Waals surface area contributed by atoms with Crippen LogP contribution in [0.3, 0.4) is 0 Å². The van der Waals surface area contributed by atoms with Gasteiger partial charge in [0.25, 0.3) is 0 Å². The van der Waals surface area contributed by atoms with Gasteiger partial charge < -0.3 is 5.32 Å². The van der Waals surface area contributed by atoms with Gasteiger partial charge in [0.1, 0.15) is 0 Å². The first-order valence-electron chi connectivity index (χ1n) is 4.18. The molecule has 0 unspecified atom stereocenters. The molecule has 0 amide bonds. The quantitative estimate of drug-likeness (QED) is 0.395. The van der Waals surface area contributed by atoms with Gasteiger partial charge in [0.2, 0.25) is 5.96 Å². The number of hydrazine groups is 1. The van der Waals surface area contributed by atoms with E-state index in [0.717, 1.165) is 5.69 Å². The van der Waals surface area contributed by atoms with E-state index >= 15 is 0 Å². The van der Waals surface area contributed by atoms with Crippen LogP contribution in [0.4, 0.5) is 5.69 Å². The maximum Gasteiger partial charge on any atom is 0.210 e. The number of halogens is 1. The maximum absolute atomic E-state index is 5.76. The molecule has 0 bridgehead atoms. The number of aliphatic imine (C=N–C) groups is 1. The fourth-order valence-electron chi connectivity index (χ4n) is 0.931. The number of anilines is 1. The summed E-state index contributed by atoms with van der Waals surface area (Å²) in [4.78, 5) is 3.99. The monoisotopic (exact) mass is 212 g/mol. The van der Waals surface area contributed by atoms with Gasteiger partial charge in [0.15, 0.2) is 0 Å². The van der Waals surface area contributed by atoms with Crippen molar-refractivity contribution in [1.29, 1.82) is 0 Å². The maximum atomic E-state index is 5.76. The zero-order chi connectivity index (χ0) is 10.4. The normalized spacial score (nSPS) is 11.2. The van der Waals surface area contributed by atoms with Gasteiger partial charge in [0, 0.05) is 24.8 Å². The Morgan fingerprint density at radius 3 is 2.43 bits per heavy atom. The van der Waals surface area contributed by atoms with Crippen LogP contribution in [0.25, 0.3) is 0 Å². The molecule has 1 rings (SSSR count). The summed E-state index contributed by atoms with van der Waals surface area (Å²) < 4.78 is 0. The van der Waals surface area contributed by atoms with Crippen molar-refractivity contribution in [3.8, 4) is 0 Å². The Balaban J connectivity index is 2.63. The van der Waals surface area contributed by atoms with E-state index in [0.29, 0.717) is 11.0 Å². The van der Waals surface area contributed by atoms with E-state index in [4.69, 9.17) is 11.6 Å². The van der Waals surface area contributed by atoms with Gasteiger partial charge in [-0.2, -0.15) is 0 Å². The van der Waals surface area contributed by atoms with E-state index in [2.05, 4.69) is 21.2 Å². The van der Waals surface area contributed by atoms with E-state index in [1.54, 1.807) is 14.1 Å². The second kappa shape index (κ2) is 5.47. The molecule has 0 aliphatic carbocycles. The minimum absolute atomic E-state index is 0.648. The zero-order valence-corrected chi connectivity index (χ0v) is 8.89. The molecule has 0 spiro atoms. The van der Waals surface area contributed by atoms with E-state index in [9.17, 15) is 0 Å². The van der Waals surface area contributed by atoms with E-state index in [1.807, 2.05) is 24.3 Å². The van der Waals surface area contributed by atoms with Crippen LogP contribution in [0.15, 0.2) is 29.3 Å². The van der Waals surface area contributed by atoms with Crippen LogP contribution < -0.4 is 16.2 Å². The average molecular weight is 213 g/mol. The van der Waals surface area contributed by atoms with Gasteiger partial charge in [0.05, 0.1) is 0 Å². The Kier molecular flexibility index (Phi) is 4.22. The first-order valence-corrected chi connectivity index (χ1v) is 4.56. The van der Waals surface area contributed by atoms with Crippen molar-refractivity contribution in [2.24, 2.45) is 4.99 Å². The standard InChI is InChI=1S/C9H13ClN4/c1-11-9(14-12-2)13-8-5-3-7(10)4-6-8/h3-6,12H,1-2H3,(H2,11,13,14). The van der Waals surface area contributed by atoms with Crippen molar-refractivity contribution >= 4 is 23.2 Å². The van der Waals surface area contributed by atoms with Crippen molar-refractivity contribution in [2.75, 3.05) is 19.4 Å². The molecule has 0 aromatic heterocycles. The van der Waals surface area contributed by atoms with Crippen molar-refractivity contribution in [1.82, 2.24) is 10.9 Å². The number of rotatable bonds is 2. The summed E-state index contributed by atoms with van der Waals surface area (Å²) in [5, 5.41) is 3.79. The number of hydrogen-bond donors (Lipinski definition) is 3. The molecule has 0 atom stereocenters. The molecule has 0 saturated heterocycles. The molecule has 4 nitrogen and oxygen atoms in total. The summed E-state index contributed by atoms with van der Waals surface area (Å²) in [5.41, 5.74) is 6.56. The largest absolute Gasteiger partial charge is 0.325 e. The predicted octanol–water partition coefficient (Wildman–Crippen LogP) is 1.46. The predicted molar refractivity (Wildman–Crippen MR) is 60.6 cm³/mol. The van der Waals surface area contributed by atoms with E-state index in [-0.39, 0.29) is 0 Å². The Morgan fingerprint density at radius 1 is 1.29 bits per heavy atom. The fraction of sp³-hybridized carbons (Fsp3) is 0.222. The first kappa shape index (κ1) is 10.8. The molecule has 0 radical (unpaired) electrons. The van der Waals surface area contributed by atoms with Crippen molar-refractivity contribution in [3.05, 3.63) is 29.3 Å². The lowest BCUT2D eigenvalue weighted by Crippen LogP contribution is -2.39. The highest BCUT2D eigenvalue weighted by Gasteiger charge is 1.96. The minimum atomic E-state index is 0.648. The zero-order valence-electron chi connectivity index (χ0n) is 8.13. The molecule has 0 heterocycles. The molecule has 0 fully saturated rings. The van der Waals surface area contributed by atoms with Crippen LogP contribution in [0.5, 0.6) is 0 Å². The molecule has 1 aromatic carbocycles. The third-order valence-electron chi connectivity index (χ3n) is 1.57. The highest BCUT2D eigenvalue weighted by atomic mass is 35.5. The van der Waals surface area contributed by atoms with Gasteiger partial charge in [-0.3, -0.25) is 10.4 Å². The van der Waals surface area contributed by atoms with Gasteiger partial charge in [-0.05, 0) is 24.3 Å². The van der Waals surface area contributed by atoms with Gasteiger partial charge in [-0.15, -0.1) is 0 Å². The molecule has 5 heteroatoms. The molecule has 0 aliphatic rings. The lowest BCUT2D eigenvalue weighted by atomic mass is 10.3. The summed E-state index contributed by atoms with van der Waals surface area (Å²) in [6.45, 7) is 0. The Hall–Kier alpha value is -1.26. The van der Waals surface area contributed by atoms with Gasteiger partial charge >= 0.3 is 0 Å². The third-order valence-corrected chi connectivity index (χ3v) is 1.83. The Morgan fingerprint density at radius 2 is 1.93 bits per heavy atom. The first-order chi connectivity index (χ1) is 6.76. The number of nitrogens with one attached hydrogen (secondary N) is 3. The van der Waals surface area contributed by atoms with Crippen molar-refractivity contribution in [3.63, 3.8) is 0 Å². The van der Waals surface area contributed by atoms with E-state index < -0.39 is 0 Å². The summed E-state index contributed by atoms with van der Waals surface area (Å²) >= 11 is 5.76. The van der Waals surface area contributed by atoms with Gasteiger partial charge in [-0.1, -0.05) is 11.6 Å². The fourth-order valence-corrected chi connectivity index (χ4v) is 1.06. The second-order valence-corrected chi connectivity index (χ2v) is 3.02. The second-order valence-electron chi connectivity index (χ2n) is 2.58. The summed E-state index contributed by atoms with van der Waals surface area (Å²) in [5.74, 6) is 0.648. The highest BCUT2D eigenvalue weighted by molar-refractivity contribution is 6.30. The van der Waals surface area contributed by atoms with Crippen molar-refractivity contribution < 1.29 is 0 Å². The number of nitrogens with zero attached hydrogens (tertiary/aromatic N) is 1. The molecule has 0 aliphatic heterocycles. The lowest BCUT2D eigenvalue weighted by molar-refractivity contribution is 0.765. The Labute approximate surface area is 88.3 Å². The minimum Gasteiger partial charge on any atom is -0.325 e. The smallest absolute Gasteiger partial charge is 0.210 e. The molecule has 0 saturated carbocycles. The summed E-state index contributed by atoms with van der Waals surface area (Å²) in [7, 11) is 3.47. The lowest BCUT2D eigenvalue weighted by Gasteiger charge is -2.10. The van der Waals surface area contributed by atoms with Crippen molar-refractivity contribution in [2.45, 2.75) is 0 Å².